The summed E-state index contributed by atoms with van der Waals surface area (Å²) in [4.78, 5) is 49.1. The van der Waals surface area contributed by atoms with E-state index in [4.69, 9.17) is 20.9 Å². The number of rotatable bonds is 22. The first-order chi connectivity index (χ1) is 32.5. The molecule has 0 aliphatic heterocycles. The molecule has 2 heterocycles. The third-order valence-corrected chi connectivity index (χ3v) is 10.8. The first-order valence-corrected chi connectivity index (χ1v) is 23.4. The molecule has 0 atom stereocenters. The van der Waals surface area contributed by atoms with E-state index in [-0.39, 0.29) is 84.5 Å². The molecular weight excluding hydrogens is 925 g/mol. The molecule has 0 saturated heterocycles. The first kappa shape index (κ1) is 49.6. The van der Waals surface area contributed by atoms with Gasteiger partial charge < -0.3 is 52.8 Å². The highest BCUT2D eigenvalue weighted by atomic mass is 32.2. The zero-order chi connectivity index (χ0) is 48.8. The van der Waals surface area contributed by atoms with E-state index in [1.54, 1.807) is 62.4 Å². The van der Waals surface area contributed by atoms with Gasteiger partial charge in [0.25, 0.3) is 20.2 Å². The van der Waals surface area contributed by atoms with Crippen LogP contribution in [0.5, 0.6) is 0 Å². The molecule has 0 radical (unpaired) electrons. The molecule has 68 heavy (non-hydrogen) atoms. The summed E-state index contributed by atoms with van der Waals surface area (Å²) in [5.74, 6) is -0.712. The summed E-state index contributed by atoms with van der Waals surface area (Å²) in [7, 11) is -9.81. The molecule has 6 aromatic rings. The monoisotopic (exact) mass is 970 g/mol. The van der Waals surface area contributed by atoms with E-state index in [0.29, 0.717) is 35.6 Å². The van der Waals surface area contributed by atoms with Gasteiger partial charge in [-0.3, -0.25) is 9.11 Å². The summed E-state index contributed by atoms with van der Waals surface area (Å²) in [6, 6.07) is 20.5. The van der Waals surface area contributed by atoms with Crippen LogP contribution in [0, 0.1) is 0 Å². The smallest absolute Gasteiger partial charge is 0.338 e. The van der Waals surface area contributed by atoms with Crippen LogP contribution in [0.2, 0.25) is 0 Å². The SMILES string of the molecule is CCOC(=O)c1ccc(Nc2nc(NCCN)nc(Nc3ccc(C=Cc4ccc(Nc5nc(NCCN)nc(Nc6ccc(C(=O)OCC)cc6)n5)cc4S(=O)(=O)O)c(S(=O)(=O)O)c3)n2)cc1. The lowest BCUT2D eigenvalue weighted by atomic mass is 10.1. The number of hydrogen-bond donors (Lipinski definition) is 10. The summed E-state index contributed by atoms with van der Waals surface area (Å²) in [6.07, 6.45) is 2.46. The standard InChI is InChI=1S/C42H46N14O10S2/c1-3-65-35(57)27-9-13-29(14-10-27)47-39-51-37(45-21-19-43)53-41(55-39)49-31-17-7-25(33(23-31)67(59,60)61)5-6-26-8-18-32(24-34(26)68(62,63)64)50-42-54-38(46-22-20-44)52-40(56-42)48-30-15-11-28(12-16-30)36(58)66-4-2/h5-18,23-24H,3-4,19-22,43-44H2,1-2H3,(H,59,60,61)(H,62,63,64)(H3,45,47,49,51,53,55)(H3,46,48,50,52,54,56). The second-order valence-electron chi connectivity index (χ2n) is 13.9. The zero-order valence-electron chi connectivity index (χ0n) is 36.3. The lowest BCUT2D eigenvalue weighted by Gasteiger charge is -2.13. The van der Waals surface area contributed by atoms with Crippen LogP contribution < -0.4 is 43.4 Å². The van der Waals surface area contributed by atoms with Crippen molar-refractivity contribution in [2.75, 3.05) is 71.3 Å². The normalized spacial score (nSPS) is 11.4. The highest BCUT2D eigenvalue weighted by molar-refractivity contribution is 7.86. The predicted molar refractivity (Wildman–Crippen MR) is 254 cm³/mol. The van der Waals surface area contributed by atoms with E-state index < -0.39 is 42.0 Å². The number of ether oxygens (including phenoxy) is 2. The third kappa shape index (κ3) is 13.8. The molecule has 26 heteroatoms. The van der Waals surface area contributed by atoms with Gasteiger partial charge >= 0.3 is 11.9 Å². The Kier molecular flexibility index (Phi) is 16.4. The predicted octanol–water partition coefficient (Wildman–Crippen LogP) is 4.79. The Hall–Kier alpha value is -7.88. The molecule has 2 aromatic heterocycles. The van der Waals surface area contributed by atoms with Crippen molar-refractivity contribution in [3.8, 4) is 0 Å². The second-order valence-corrected chi connectivity index (χ2v) is 16.7. The van der Waals surface area contributed by atoms with Gasteiger partial charge in [-0.15, -0.1) is 0 Å². The molecule has 0 aliphatic rings. The highest BCUT2D eigenvalue weighted by Gasteiger charge is 2.20. The molecule has 12 N–H and O–H groups in total. The summed E-state index contributed by atoms with van der Waals surface area (Å²) in [5.41, 5.74) is 13.1. The molecule has 0 amide bonds. The Morgan fingerprint density at radius 3 is 1.13 bits per heavy atom. The van der Waals surface area contributed by atoms with Crippen LogP contribution in [0.1, 0.15) is 45.7 Å². The van der Waals surface area contributed by atoms with Crippen LogP contribution in [-0.2, 0) is 29.7 Å². The number of benzene rings is 4. The quantitative estimate of drug-likeness (QED) is 0.0248. The highest BCUT2D eigenvalue weighted by Crippen LogP contribution is 2.29. The summed E-state index contributed by atoms with van der Waals surface area (Å²) in [5, 5.41) is 17.7. The van der Waals surface area contributed by atoms with Gasteiger partial charge in [-0.1, -0.05) is 24.3 Å². The van der Waals surface area contributed by atoms with Gasteiger partial charge in [-0.25, -0.2) is 9.59 Å². The largest absolute Gasteiger partial charge is 0.462 e. The Morgan fingerprint density at radius 1 is 0.515 bits per heavy atom. The lowest BCUT2D eigenvalue weighted by Crippen LogP contribution is -2.16. The minimum absolute atomic E-state index is 0.0453. The number of anilines is 10. The number of esters is 2. The average molecular weight is 971 g/mol. The van der Waals surface area contributed by atoms with E-state index >= 15 is 0 Å². The van der Waals surface area contributed by atoms with Gasteiger partial charge in [0.1, 0.15) is 9.79 Å². The fourth-order valence-corrected chi connectivity index (χ4v) is 7.37. The van der Waals surface area contributed by atoms with Crippen LogP contribution in [0.4, 0.5) is 58.4 Å². The fourth-order valence-electron chi connectivity index (χ4n) is 5.95. The fraction of sp³-hybridized carbons (Fsp3) is 0.190. The van der Waals surface area contributed by atoms with E-state index in [9.17, 15) is 35.5 Å². The van der Waals surface area contributed by atoms with Crippen molar-refractivity contribution < 1.29 is 45.0 Å². The van der Waals surface area contributed by atoms with Gasteiger partial charge in [0.2, 0.25) is 35.7 Å². The van der Waals surface area contributed by atoms with Gasteiger partial charge in [0.15, 0.2) is 0 Å². The Bertz CT molecular complexity index is 2820. The maximum absolute atomic E-state index is 12.7. The molecule has 24 nitrogen and oxygen atoms in total. The molecule has 0 bridgehead atoms. The Labute approximate surface area is 390 Å². The van der Waals surface area contributed by atoms with Crippen molar-refractivity contribution in [1.29, 1.82) is 0 Å². The maximum Gasteiger partial charge on any atom is 0.338 e. The van der Waals surface area contributed by atoms with E-state index in [2.05, 4.69) is 61.8 Å². The van der Waals surface area contributed by atoms with E-state index in [0.717, 1.165) is 12.1 Å². The van der Waals surface area contributed by atoms with Gasteiger partial charge in [-0.05, 0) is 97.8 Å². The van der Waals surface area contributed by atoms with Gasteiger partial charge in [0, 0.05) is 48.9 Å². The van der Waals surface area contributed by atoms with Crippen LogP contribution >= 0.6 is 0 Å². The first-order valence-electron chi connectivity index (χ1n) is 20.5. The van der Waals surface area contributed by atoms with Crippen LogP contribution in [0.3, 0.4) is 0 Å². The molecule has 356 valence electrons. The van der Waals surface area contributed by atoms with Crippen molar-refractivity contribution in [2.45, 2.75) is 23.6 Å². The summed E-state index contributed by atoms with van der Waals surface area (Å²) in [6.45, 7) is 4.94. The van der Waals surface area contributed by atoms with E-state index in [1.807, 2.05) is 0 Å². The van der Waals surface area contributed by atoms with Crippen LogP contribution in [-0.4, -0.2) is 107 Å². The molecule has 4 aromatic carbocycles. The van der Waals surface area contributed by atoms with Crippen molar-refractivity contribution in [3.05, 3.63) is 107 Å². The van der Waals surface area contributed by atoms with Gasteiger partial charge in [-0.2, -0.15) is 46.7 Å². The molecule has 0 fully saturated rings. The van der Waals surface area contributed by atoms with Crippen molar-refractivity contribution >= 4 is 103 Å². The summed E-state index contributed by atoms with van der Waals surface area (Å²) < 4.78 is 81.5. The molecule has 0 aliphatic carbocycles. The number of nitrogens with zero attached hydrogens (tertiary/aromatic N) is 6. The molecule has 0 spiro atoms. The summed E-state index contributed by atoms with van der Waals surface area (Å²) >= 11 is 0. The number of carbonyl (C=O) groups is 2. The van der Waals surface area contributed by atoms with Crippen molar-refractivity contribution in [1.82, 2.24) is 29.9 Å². The van der Waals surface area contributed by atoms with Crippen molar-refractivity contribution in [2.24, 2.45) is 11.5 Å². The minimum atomic E-state index is -4.90. The average Bonchev–Trinajstić information content (AvgIpc) is 3.30. The Balaban J connectivity index is 1.24. The van der Waals surface area contributed by atoms with Crippen LogP contribution in [0.15, 0.2) is 94.7 Å². The van der Waals surface area contributed by atoms with Crippen molar-refractivity contribution in [3.63, 3.8) is 0 Å². The molecule has 0 unspecified atom stereocenters. The number of nitrogens with one attached hydrogen (secondary N) is 6. The lowest BCUT2D eigenvalue weighted by molar-refractivity contribution is 0.0517. The second kappa shape index (κ2) is 22.5. The number of hydrogen-bond acceptors (Lipinski definition) is 22. The van der Waals surface area contributed by atoms with Gasteiger partial charge in [0.05, 0.1) is 24.3 Å². The number of carbonyl (C=O) groups excluding carboxylic acids is 2. The number of nitrogens with two attached hydrogens (primary N) is 2. The molecular formula is C42H46N14O10S2. The molecule has 6 rings (SSSR count). The third-order valence-electron chi connectivity index (χ3n) is 8.97. The Morgan fingerprint density at radius 2 is 0.824 bits per heavy atom. The maximum atomic E-state index is 12.7. The zero-order valence-corrected chi connectivity index (χ0v) is 37.9. The van der Waals surface area contributed by atoms with Crippen LogP contribution in [0.25, 0.3) is 12.2 Å². The topological polar surface area (TPSA) is 363 Å². The van der Waals surface area contributed by atoms with E-state index in [1.165, 1.54) is 36.4 Å². The minimum Gasteiger partial charge on any atom is -0.462 e. The molecule has 0 saturated carbocycles. The number of aromatic nitrogens is 6.